The molecule has 3 unspecified atom stereocenters. The molecule has 1 aromatic rings. The van der Waals surface area contributed by atoms with Gasteiger partial charge in [0.2, 0.25) is 0 Å². The third-order valence-corrected chi connectivity index (χ3v) is 3.13. The van der Waals surface area contributed by atoms with Gasteiger partial charge in [0.15, 0.2) is 0 Å². The molecule has 0 spiro atoms. The number of aliphatic hydroxyl groups excluding tert-OH is 1. The Labute approximate surface area is 102 Å². The molecule has 1 aliphatic rings. The number of aliphatic hydroxyl groups is 1. The number of hydrogen-bond acceptors (Lipinski definition) is 3. The number of rotatable bonds is 3. The molecule has 1 saturated carbocycles. The molecule has 3 nitrogen and oxygen atoms in total. The summed E-state index contributed by atoms with van der Waals surface area (Å²) in [6.07, 6.45) is 0.852. The first kappa shape index (κ1) is 12.2. The number of hydrogen-bond donors (Lipinski definition) is 1. The molecule has 0 aliphatic heterocycles. The van der Waals surface area contributed by atoms with Crippen LogP contribution in [0.5, 0.6) is 0 Å². The van der Waals surface area contributed by atoms with Gasteiger partial charge in [0.1, 0.15) is 0 Å². The first-order valence-corrected chi connectivity index (χ1v) is 5.82. The maximum absolute atomic E-state index is 11.7. The van der Waals surface area contributed by atoms with Crippen LogP contribution in [0, 0.1) is 5.92 Å². The van der Waals surface area contributed by atoms with Gasteiger partial charge in [0, 0.05) is 5.92 Å². The lowest BCUT2D eigenvalue weighted by atomic mass is 9.85. The highest BCUT2D eigenvalue weighted by atomic mass is 16.5. The maximum atomic E-state index is 11.7. The van der Waals surface area contributed by atoms with E-state index in [4.69, 9.17) is 12.6 Å². The molecule has 88 valence electrons. The fraction of sp³-hybridized carbons (Fsp3) is 0.462. The maximum Gasteiger partial charge on any atom is 0.338 e. The Hall–Kier alpha value is -1.29. The highest BCUT2D eigenvalue weighted by molar-refractivity contribution is 6.11. The van der Waals surface area contributed by atoms with Gasteiger partial charge in [0.25, 0.3) is 0 Å². The first-order chi connectivity index (χ1) is 8.16. The van der Waals surface area contributed by atoms with Crippen molar-refractivity contribution in [2.45, 2.75) is 24.8 Å². The second-order valence-electron chi connectivity index (χ2n) is 4.52. The summed E-state index contributed by atoms with van der Waals surface area (Å²) in [7, 11) is 5.73. The molecule has 1 N–H and O–H groups in total. The van der Waals surface area contributed by atoms with E-state index in [2.05, 4.69) is 0 Å². The van der Waals surface area contributed by atoms with Crippen LogP contribution in [-0.2, 0) is 4.74 Å². The van der Waals surface area contributed by atoms with Gasteiger partial charge >= 0.3 is 5.97 Å². The van der Waals surface area contributed by atoms with E-state index in [1.807, 2.05) is 6.07 Å². The van der Waals surface area contributed by atoms with Gasteiger partial charge in [-0.15, -0.1) is 0 Å². The van der Waals surface area contributed by atoms with E-state index in [-0.39, 0.29) is 24.3 Å². The van der Waals surface area contributed by atoms with Crippen molar-refractivity contribution in [3.05, 3.63) is 35.9 Å². The van der Waals surface area contributed by atoms with Gasteiger partial charge < -0.3 is 9.84 Å². The Balaban J connectivity index is 1.85. The lowest BCUT2D eigenvalue weighted by molar-refractivity contribution is 0.0303. The second kappa shape index (κ2) is 5.36. The van der Waals surface area contributed by atoms with Crippen molar-refractivity contribution >= 4 is 13.8 Å². The summed E-state index contributed by atoms with van der Waals surface area (Å²) >= 11 is 0. The second-order valence-corrected chi connectivity index (χ2v) is 4.52. The van der Waals surface area contributed by atoms with Gasteiger partial charge in [0.05, 0.1) is 26.1 Å². The number of carbonyl (C=O) groups excluding carboxylic acids is 1. The van der Waals surface area contributed by atoms with Crippen molar-refractivity contribution in [3.8, 4) is 0 Å². The largest absolute Gasteiger partial charge is 0.462 e. The fourth-order valence-electron chi connectivity index (χ4n) is 2.16. The van der Waals surface area contributed by atoms with Crippen molar-refractivity contribution in [1.82, 2.24) is 0 Å². The average Bonchev–Trinajstić information content (AvgIpc) is 2.66. The molecular formula is C13H15BO3. The van der Waals surface area contributed by atoms with E-state index in [0.717, 1.165) is 0 Å². The number of esters is 1. The van der Waals surface area contributed by atoms with Crippen molar-refractivity contribution in [3.63, 3.8) is 0 Å². The summed E-state index contributed by atoms with van der Waals surface area (Å²) in [6.45, 7) is 0.239. The molecule has 1 aliphatic carbocycles. The van der Waals surface area contributed by atoms with Crippen LogP contribution in [0.15, 0.2) is 30.3 Å². The molecule has 17 heavy (non-hydrogen) atoms. The first-order valence-electron chi connectivity index (χ1n) is 5.82. The Morgan fingerprint density at radius 1 is 1.35 bits per heavy atom. The van der Waals surface area contributed by atoms with Crippen LogP contribution in [0.3, 0.4) is 0 Å². The van der Waals surface area contributed by atoms with Gasteiger partial charge in [-0.3, -0.25) is 0 Å². The summed E-state index contributed by atoms with van der Waals surface area (Å²) in [5, 5.41) is 9.67. The van der Waals surface area contributed by atoms with Crippen molar-refractivity contribution in [1.29, 1.82) is 0 Å². The van der Waals surface area contributed by atoms with Gasteiger partial charge in [-0.1, -0.05) is 24.0 Å². The minimum absolute atomic E-state index is 0.0189. The van der Waals surface area contributed by atoms with Crippen molar-refractivity contribution in [2.75, 3.05) is 6.61 Å². The minimum Gasteiger partial charge on any atom is -0.462 e. The third kappa shape index (κ3) is 3.10. The Morgan fingerprint density at radius 2 is 2.06 bits per heavy atom. The van der Waals surface area contributed by atoms with Crippen LogP contribution in [0.4, 0.5) is 0 Å². The molecule has 4 heteroatoms. The number of benzene rings is 1. The van der Waals surface area contributed by atoms with Crippen LogP contribution >= 0.6 is 0 Å². The van der Waals surface area contributed by atoms with E-state index in [9.17, 15) is 9.90 Å². The molecule has 2 rings (SSSR count). The predicted octanol–water partition coefficient (Wildman–Crippen LogP) is 1.57. The summed E-state index contributed by atoms with van der Waals surface area (Å²) in [5.74, 6) is -0.360. The van der Waals surface area contributed by atoms with E-state index in [0.29, 0.717) is 18.4 Å². The highest BCUT2D eigenvalue weighted by Gasteiger charge is 2.30. The van der Waals surface area contributed by atoms with Gasteiger partial charge in [-0.05, 0) is 25.0 Å². The molecular weight excluding hydrogens is 215 g/mol. The van der Waals surface area contributed by atoms with Crippen LogP contribution in [-0.4, -0.2) is 31.6 Å². The lowest BCUT2D eigenvalue weighted by Gasteiger charge is -2.14. The van der Waals surface area contributed by atoms with Crippen molar-refractivity contribution in [2.24, 2.45) is 5.92 Å². The SMILES string of the molecule is [B]C1CC(O)C(COC(=O)c2ccccc2)C1. The Kier molecular flexibility index (Phi) is 3.84. The van der Waals surface area contributed by atoms with Crippen LogP contribution in [0.25, 0.3) is 0 Å². The van der Waals surface area contributed by atoms with Gasteiger partial charge in [-0.2, -0.15) is 0 Å². The average molecular weight is 230 g/mol. The van der Waals surface area contributed by atoms with E-state index < -0.39 is 6.10 Å². The van der Waals surface area contributed by atoms with Gasteiger partial charge in [-0.25, -0.2) is 4.79 Å². The quantitative estimate of drug-likeness (QED) is 0.633. The molecule has 0 bridgehead atoms. The topological polar surface area (TPSA) is 46.5 Å². The fourth-order valence-corrected chi connectivity index (χ4v) is 2.16. The molecule has 1 fully saturated rings. The number of carbonyl (C=O) groups is 1. The van der Waals surface area contributed by atoms with Crippen molar-refractivity contribution < 1.29 is 14.6 Å². The van der Waals surface area contributed by atoms with E-state index in [1.54, 1.807) is 24.3 Å². The molecule has 0 amide bonds. The Bertz CT molecular complexity index is 380. The van der Waals surface area contributed by atoms with Crippen LogP contribution in [0.1, 0.15) is 23.2 Å². The summed E-state index contributed by atoms with van der Waals surface area (Å²) in [4.78, 5) is 11.7. The normalized spacial score (nSPS) is 27.9. The highest BCUT2D eigenvalue weighted by Crippen LogP contribution is 2.33. The van der Waals surface area contributed by atoms with Crippen LogP contribution < -0.4 is 0 Å². The standard InChI is InChI=1S/C13H15BO3/c14-11-6-10(12(15)7-11)8-17-13(16)9-4-2-1-3-5-9/h1-5,10-12,15H,6-8H2. The minimum atomic E-state index is -0.450. The molecule has 3 atom stereocenters. The molecule has 1 aromatic carbocycles. The zero-order chi connectivity index (χ0) is 12.3. The zero-order valence-corrected chi connectivity index (χ0v) is 9.58. The zero-order valence-electron chi connectivity index (χ0n) is 9.58. The predicted molar refractivity (Wildman–Crippen MR) is 65.0 cm³/mol. The molecule has 2 radical (unpaired) electrons. The van der Waals surface area contributed by atoms with Crippen LogP contribution in [0.2, 0.25) is 5.82 Å². The molecule has 0 saturated heterocycles. The van der Waals surface area contributed by atoms with E-state index >= 15 is 0 Å². The smallest absolute Gasteiger partial charge is 0.338 e. The van der Waals surface area contributed by atoms with E-state index in [1.165, 1.54) is 0 Å². The summed E-state index contributed by atoms with van der Waals surface area (Å²) in [6, 6.07) is 8.84. The lowest BCUT2D eigenvalue weighted by Crippen LogP contribution is -2.21. The Morgan fingerprint density at radius 3 is 2.65 bits per heavy atom. The molecule has 0 aromatic heterocycles. The summed E-state index contributed by atoms with van der Waals surface area (Å²) < 4.78 is 5.18. The third-order valence-electron chi connectivity index (χ3n) is 3.13. The summed E-state index contributed by atoms with van der Waals surface area (Å²) in [5.41, 5.74) is 0.532. The molecule has 0 heterocycles. The monoisotopic (exact) mass is 230 g/mol. The number of ether oxygens (including phenoxy) is 1.